The lowest BCUT2D eigenvalue weighted by Gasteiger charge is -2.31. The van der Waals surface area contributed by atoms with Crippen LogP contribution in [0, 0.1) is 5.92 Å². The number of carboxylic acids is 1. The second-order valence-corrected chi connectivity index (χ2v) is 7.91. The third-order valence-electron chi connectivity index (χ3n) is 5.23. The highest BCUT2D eigenvalue weighted by atomic mass is 16.7. The van der Waals surface area contributed by atoms with E-state index in [4.69, 9.17) is 24.7 Å². The molecular weight excluding hydrogens is 446 g/mol. The molecule has 1 aromatic carbocycles. The van der Waals surface area contributed by atoms with Gasteiger partial charge in [-0.1, -0.05) is 26.8 Å². The Kier molecular flexibility index (Phi) is 12.1. The van der Waals surface area contributed by atoms with Crippen LogP contribution in [0.2, 0.25) is 0 Å². The zero-order valence-corrected chi connectivity index (χ0v) is 20.4. The van der Waals surface area contributed by atoms with Gasteiger partial charge in [-0.15, -0.1) is 0 Å². The molecule has 0 aliphatic heterocycles. The highest BCUT2D eigenvalue weighted by Gasteiger charge is 2.36. The van der Waals surface area contributed by atoms with Crippen LogP contribution >= 0.6 is 0 Å². The van der Waals surface area contributed by atoms with E-state index in [2.05, 4.69) is 0 Å². The van der Waals surface area contributed by atoms with E-state index < -0.39 is 48.0 Å². The predicted octanol–water partition coefficient (Wildman–Crippen LogP) is 3.79. The molecule has 10 heteroatoms. The Labute approximate surface area is 199 Å². The number of rotatable bonds is 13. The Bertz CT molecular complexity index is 855. The second-order valence-electron chi connectivity index (χ2n) is 7.91. The molecule has 0 fully saturated rings. The largest absolute Gasteiger partial charge is 0.508 e. The van der Waals surface area contributed by atoms with Crippen LogP contribution in [0.3, 0.4) is 0 Å². The van der Waals surface area contributed by atoms with Crippen molar-refractivity contribution in [2.45, 2.75) is 78.4 Å². The third kappa shape index (κ3) is 8.66. The van der Waals surface area contributed by atoms with Gasteiger partial charge in [0.05, 0.1) is 6.61 Å². The summed E-state index contributed by atoms with van der Waals surface area (Å²) in [4.78, 5) is 47.7. The number of hydrogen-bond donors (Lipinski definition) is 2. The lowest BCUT2D eigenvalue weighted by atomic mass is 9.79. The van der Waals surface area contributed by atoms with Crippen molar-refractivity contribution in [2.24, 2.45) is 11.7 Å². The summed E-state index contributed by atoms with van der Waals surface area (Å²) < 4.78 is 20.8. The van der Waals surface area contributed by atoms with E-state index in [-0.39, 0.29) is 30.9 Å². The first kappa shape index (κ1) is 28.9. The van der Waals surface area contributed by atoms with E-state index in [1.54, 1.807) is 26.8 Å². The zero-order valence-electron chi connectivity index (χ0n) is 20.4. The molecule has 0 radical (unpaired) electrons. The minimum Gasteiger partial charge on any atom is -0.480 e. The van der Waals surface area contributed by atoms with Gasteiger partial charge in [0.2, 0.25) is 0 Å². The van der Waals surface area contributed by atoms with Crippen LogP contribution < -0.4 is 15.2 Å². The summed E-state index contributed by atoms with van der Waals surface area (Å²) >= 11 is 0. The normalized spacial score (nSPS) is 14.3. The topological polar surface area (TPSA) is 151 Å². The molecule has 1 rings (SSSR count). The average Bonchev–Trinajstić information content (AvgIpc) is 2.75. The Morgan fingerprint density at radius 1 is 0.941 bits per heavy atom. The van der Waals surface area contributed by atoms with Crippen molar-refractivity contribution in [3.05, 3.63) is 23.8 Å². The quantitative estimate of drug-likeness (QED) is 0.314. The monoisotopic (exact) mass is 481 g/mol. The predicted molar refractivity (Wildman–Crippen MR) is 123 cm³/mol. The summed E-state index contributed by atoms with van der Waals surface area (Å²) in [6, 6.07) is 3.05. The van der Waals surface area contributed by atoms with Crippen LogP contribution in [-0.4, -0.2) is 47.9 Å². The first-order chi connectivity index (χ1) is 16.0. The Morgan fingerprint density at radius 3 is 2.00 bits per heavy atom. The molecular formula is C24H35NO9. The van der Waals surface area contributed by atoms with Crippen molar-refractivity contribution in [1.29, 1.82) is 0 Å². The number of carboxylic acid groups (broad SMARTS) is 1. The molecule has 0 bridgehead atoms. The van der Waals surface area contributed by atoms with Gasteiger partial charge < -0.3 is 29.8 Å². The van der Waals surface area contributed by atoms with E-state index in [0.717, 1.165) is 0 Å². The Morgan fingerprint density at radius 2 is 1.50 bits per heavy atom. The van der Waals surface area contributed by atoms with Crippen molar-refractivity contribution in [2.75, 3.05) is 6.61 Å². The van der Waals surface area contributed by atoms with Crippen LogP contribution in [-0.2, 0) is 23.9 Å². The van der Waals surface area contributed by atoms with Crippen LogP contribution in [0.15, 0.2) is 18.2 Å². The van der Waals surface area contributed by atoms with Crippen molar-refractivity contribution in [3.8, 4) is 11.5 Å². The maximum absolute atomic E-state index is 12.2. The number of ether oxygens (including phenoxy) is 4. The van der Waals surface area contributed by atoms with Gasteiger partial charge in [-0.25, -0.2) is 4.79 Å². The molecule has 0 aliphatic rings. The molecule has 3 N–H and O–H groups in total. The van der Waals surface area contributed by atoms with Crippen LogP contribution in [0.5, 0.6) is 11.5 Å². The summed E-state index contributed by atoms with van der Waals surface area (Å²) in [5, 5.41) is 9.62. The van der Waals surface area contributed by atoms with Crippen molar-refractivity contribution < 1.29 is 43.2 Å². The highest BCUT2D eigenvalue weighted by molar-refractivity contribution is 5.77. The van der Waals surface area contributed by atoms with Gasteiger partial charge in [0.1, 0.15) is 12.1 Å². The van der Waals surface area contributed by atoms with E-state index in [1.165, 1.54) is 12.1 Å². The second kappa shape index (κ2) is 14.2. The van der Waals surface area contributed by atoms with Crippen LogP contribution in [0.1, 0.15) is 71.8 Å². The van der Waals surface area contributed by atoms with Gasteiger partial charge in [0, 0.05) is 24.7 Å². The van der Waals surface area contributed by atoms with Crippen molar-refractivity contribution in [1.82, 2.24) is 0 Å². The number of hydrogen-bond acceptors (Lipinski definition) is 9. The lowest BCUT2D eigenvalue weighted by Crippen LogP contribution is -2.42. The molecule has 0 aliphatic carbocycles. The molecule has 4 atom stereocenters. The van der Waals surface area contributed by atoms with Crippen molar-refractivity contribution in [3.63, 3.8) is 0 Å². The maximum atomic E-state index is 12.2. The summed E-state index contributed by atoms with van der Waals surface area (Å²) in [5.41, 5.74) is 6.43. The molecule has 190 valence electrons. The Hall–Kier alpha value is -3.14. The summed E-state index contributed by atoms with van der Waals surface area (Å²) in [6.45, 7) is 8.69. The first-order valence-corrected chi connectivity index (χ1v) is 11.4. The number of nitrogens with two attached hydrogens (primary N) is 1. The number of benzene rings is 1. The fraction of sp³-hybridized carbons (Fsp3) is 0.583. The van der Waals surface area contributed by atoms with E-state index >= 15 is 0 Å². The van der Waals surface area contributed by atoms with Gasteiger partial charge in [0.25, 0.3) is 0 Å². The zero-order chi connectivity index (χ0) is 25.8. The van der Waals surface area contributed by atoms with Crippen molar-refractivity contribution >= 4 is 24.1 Å². The molecule has 1 aromatic rings. The first-order valence-electron chi connectivity index (χ1n) is 11.4. The summed E-state index contributed by atoms with van der Waals surface area (Å²) in [5.74, 6) is -3.67. The van der Waals surface area contributed by atoms with Gasteiger partial charge >= 0.3 is 24.1 Å². The van der Waals surface area contributed by atoms with Crippen LogP contribution in [0.25, 0.3) is 0 Å². The SMILES string of the molecule is CCCC(=O)Oc1ccc(C(C(C)C(C)OC(=O)OCC)[C@H](N)C(=O)O)cc1OC(=O)CCC. The summed E-state index contributed by atoms with van der Waals surface area (Å²) in [7, 11) is 0. The third-order valence-corrected chi connectivity index (χ3v) is 5.23. The Balaban J connectivity index is 3.41. The van der Waals surface area contributed by atoms with Gasteiger partial charge in [-0.3, -0.25) is 14.4 Å². The smallest absolute Gasteiger partial charge is 0.480 e. The molecule has 0 amide bonds. The molecule has 0 saturated heterocycles. The fourth-order valence-corrected chi connectivity index (χ4v) is 3.35. The standard InChI is InChI=1S/C24H35NO9/c1-6-9-19(26)33-17-12-11-16(13-18(17)34-20(27)10-7-2)21(22(25)23(28)29)14(4)15(5)32-24(30)31-8-3/h11-15,21-22H,6-10,25H2,1-5H3,(H,28,29)/t14?,15?,21?,22-/m0/s1. The number of aliphatic carboxylic acids is 1. The highest BCUT2D eigenvalue weighted by Crippen LogP contribution is 2.37. The van der Waals surface area contributed by atoms with Gasteiger partial charge in [-0.05, 0) is 44.4 Å². The molecule has 0 aromatic heterocycles. The molecule has 34 heavy (non-hydrogen) atoms. The number of carbonyl (C=O) groups is 4. The van der Waals surface area contributed by atoms with E-state index in [9.17, 15) is 24.3 Å². The van der Waals surface area contributed by atoms with E-state index in [1.807, 2.05) is 13.8 Å². The minimum atomic E-state index is -1.36. The number of esters is 2. The van der Waals surface area contributed by atoms with E-state index in [0.29, 0.717) is 18.4 Å². The minimum absolute atomic E-state index is 0.0193. The van der Waals surface area contributed by atoms with Gasteiger partial charge in [-0.2, -0.15) is 0 Å². The summed E-state index contributed by atoms with van der Waals surface area (Å²) in [6.07, 6.45) is -0.176. The molecule has 0 spiro atoms. The number of carbonyl (C=O) groups excluding carboxylic acids is 3. The average molecular weight is 482 g/mol. The molecule has 10 nitrogen and oxygen atoms in total. The molecule has 3 unspecified atom stereocenters. The maximum Gasteiger partial charge on any atom is 0.508 e. The fourth-order valence-electron chi connectivity index (χ4n) is 3.35. The molecule has 0 heterocycles. The van der Waals surface area contributed by atoms with Crippen LogP contribution in [0.4, 0.5) is 4.79 Å². The lowest BCUT2D eigenvalue weighted by molar-refractivity contribution is -0.140. The molecule has 0 saturated carbocycles. The van der Waals surface area contributed by atoms with Gasteiger partial charge in [0.15, 0.2) is 11.5 Å².